The largest absolute Gasteiger partial charge is 0.457 e. The van der Waals surface area contributed by atoms with E-state index in [0.717, 1.165) is 29.3 Å². The Kier molecular flexibility index (Phi) is 3.82. The van der Waals surface area contributed by atoms with Crippen LogP contribution in [0.4, 0.5) is 8.78 Å². The maximum Gasteiger partial charge on any atom is 0.133 e. The maximum absolute atomic E-state index is 13.0. The topological polar surface area (TPSA) is 9.23 Å². The average Bonchev–Trinajstić information content (AvgIpc) is 2.27. The van der Waals surface area contributed by atoms with Crippen LogP contribution >= 0.6 is 11.6 Å². The Hall–Kier alpha value is -1.61. The summed E-state index contributed by atoms with van der Waals surface area (Å²) in [7, 11) is 0. The summed E-state index contributed by atoms with van der Waals surface area (Å²) in [5, 5.41) is 0. The van der Waals surface area contributed by atoms with Gasteiger partial charge in [0.1, 0.15) is 23.1 Å². The quantitative estimate of drug-likeness (QED) is 0.726. The number of alkyl halides is 1. The summed E-state index contributed by atoms with van der Waals surface area (Å²) in [6.07, 6.45) is 0. The van der Waals surface area contributed by atoms with Gasteiger partial charge in [-0.3, -0.25) is 0 Å². The Balaban J connectivity index is 2.25. The van der Waals surface area contributed by atoms with Crippen LogP contribution in [0.15, 0.2) is 36.4 Å². The molecule has 2 aromatic rings. The van der Waals surface area contributed by atoms with Crippen LogP contribution < -0.4 is 4.74 Å². The molecule has 0 unspecified atom stereocenters. The molecular formula is C14H11ClF2O. The Morgan fingerprint density at radius 3 is 2.22 bits per heavy atom. The van der Waals surface area contributed by atoms with Gasteiger partial charge in [0.15, 0.2) is 0 Å². The number of hydrogen-bond donors (Lipinski definition) is 0. The molecule has 0 aliphatic carbocycles. The van der Waals surface area contributed by atoms with Crippen molar-refractivity contribution < 1.29 is 13.5 Å². The second-order valence-corrected chi connectivity index (χ2v) is 4.20. The minimum atomic E-state index is -0.667. The smallest absolute Gasteiger partial charge is 0.133 e. The highest BCUT2D eigenvalue weighted by Gasteiger charge is 2.04. The van der Waals surface area contributed by atoms with Crippen LogP contribution in [0.25, 0.3) is 0 Å². The van der Waals surface area contributed by atoms with E-state index >= 15 is 0 Å². The fourth-order valence-corrected chi connectivity index (χ4v) is 1.91. The van der Waals surface area contributed by atoms with Crippen molar-refractivity contribution in [3.05, 3.63) is 59.2 Å². The Morgan fingerprint density at radius 1 is 1.00 bits per heavy atom. The lowest BCUT2D eigenvalue weighted by Gasteiger charge is -2.08. The van der Waals surface area contributed by atoms with Gasteiger partial charge < -0.3 is 4.74 Å². The first kappa shape index (κ1) is 12.8. The van der Waals surface area contributed by atoms with E-state index < -0.39 is 11.6 Å². The van der Waals surface area contributed by atoms with Crippen LogP contribution in [0.3, 0.4) is 0 Å². The molecule has 4 heteroatoms. The van der Waals surface area contributed by atoms with Crippen molar-refractivity contribution in [3.8, 4) is 11.5 Å². The van der Waals surface area contributed by atoms with Crippen molar-refractivity contribution >= 4 is 11.6 Å². The van der Waals surface area contributed by atoms with Crippen molar-refractivity contribution in [2.45, 2.75) is 12.8 Å². The predicted octanol–water partition coefficient (Wildman–Crippen LogP) is 4.80. The Morgan fingerprint density at radius 2 is 1.67 bits per heavy atom. The zero-order valence-electron chi connectivity index (χ0n) is 9.71. The average molecular weight is 269 g/mol. The Labute approximate surface area is 109 Å². The zero-order valence-corrected chi connectivity index (χ0v) is 10.5. The normalized spacial score (nSPS) is 10.4. The van der Waals surface area contributed by atoms with E-state index in [-0.39, 0.29) is 5.75 Å². The molecule has 0 heterocycles. The molecule has 2 rings (SSSR count). The van der Waals surface area contributed by atoms with E-state index in [4.69, 9.17) is 16.3 Å². The highest BCUT2D eigenvalue weighted by atomic mass is 35.5. The second kappa shape index (κ2) is 5.36. The van der Waals surface area contributed by atoms with E-state index in [2.05, 4.69) is 0 Å². The van der Waals surface area contributed by atoms with Crippen LogP contribution in [0.2, 0.25) is 0 Å². The fourth-order valence-electron chi connectivity index (χ4n) is 1.61. The second-order valence-electron chi connectivity index (χ2n) is 3.93. The fraction of sp³-hybridized carbons (Fsp3) is 0.143. The molecule has 18 heavy (non-hydrogen) atoms. The molecule has 0 aromatic heterocycles. The summed E-state index contributed by atoms with van der Waals surface area (Å²) in [4.78, 5) is 0. The monoisotopic (exact) mass is 268 g/mol. The van der Waals surface area contributed by atoms with Gasteiger partial charge in [-0.2, -0.15) is 0 Å². The van der Waals surface area contributed by atoms with Crippen LogP contribution in [0, 0.1) is 18.6 Å². The number of halogens is 3. The summed E-state index contributed by atoms with van der Waals surface area (Å²) >= 11 is 5.75. The molecule has 0 amide bonds. The first-order chi connectivity index (χ1) is 8.58. The van der Waals surface area contributed by atoms with Crippen molar-refractivity contribution in [1.82, 2.24) is 0 Å². The molecule has 0 saturated carbocycles. The molecular weight excluding hydrogens is 258 g/mol. The summed E-state index contributed by atoms with van der Waals surface area (Å²) < 4.78 is 31.4. The molecule has 0 saturated heterocycles. The summed E-state index contributed by atoms with van der Waals surface area (Å²) in [5.74, 6) is -0.268. The highest BCUT2D eigenvalue weighted by Crippen LogP contribution is 2.25. The summed E-state index contributed by atoms with van der Waals surface area (Å²) in [5.41, 5.74) is 1.97. The van der Waals surface area contributed by atoms with Gasteiger partial charge in [0.2, 0.25) is 0 Å². The minimum Gasteiger partial charge on any atom is -0.457 e. The molecule has 0 atom stereocenters. The third-order valence-electron chi connectivity index (χ3n) is 2.53. The van der Waals surface area contributed by atoms with Gasteiger partial charge in [-0.25, -0.2) is 8.78 Å². The first-order valence-corrected chi connectivity index (χ1v) is 5.91. The standard InChI is InChI=1S/C14H11ClF2O/c1-9-4-13(3-2-10(9)8-15)18-14-6-11(16)5-12(17)7-14/h2-7H,8H2,1H3. The van der Waals surface area contributed by atoms with E-state index in [1.807, 2.05) is 13.0 Å². The van der Waals surface area contributed by atoms with E-state index in [0.29, 0.717) is 11.6 Å². The zero-order chi connectivity index (χ0) is 13.1. The maximum atomic E-state index is 13.0. The van der Waals surface area contributed by atoms with Crippen molar-refractivity contribution in [2.75, 3.05) is 0 Å². The van der Waals surface area contributed by atoms with E-state index in [9.17, 15) is 8.78 Å². The summed E-state index contributed by atoms with van der Waals surface area (Å²) in [6.45, 7) is 1.90. The van der Waals surface area contributed by atoms with Crippen molar-refractivity contribution in [2.24, 2.45) is 0 Å². The van der Waals surface area contributed by atoms with Gasteiger partial charge in [0.05, 0.1) is 0 Å². The third-order valence-corrected chi connectivity index (χ3v) is 2.82. The molecule has 0 bridgehead atoms. The first-order valence-electron chi connectivity index (χ1n) is 5.38. The molecule has 0 aliphatic heterocycles. The Bertz CT molecular complexity index is 549. The molecule has 94 valence electrons. The molecule has 1 nitrogen and oxygen atoms in total. The third kappa shape index (κ3) is 2.99. The lowest BCUT2D eigenvalue weighted by atomic mass is 10.1. The molecule has 0 spiro atoms. The number of hydrogen-bond acceptors (Lipinski definition) is 1. The van der Waals surface area contributed by atoms with Gasteiger partial charge in [-0.15, -0.1) is 11.6 Å². The van der Waals surface area contributed by atoms with Gasteiger partial charge in [0.25, 0.3) is 0 Å². The number of aryl methyl sites for hydroxylation is 1. The number of ether oxygens (including phenoxy) is 1. The van der Waals surface area contributed by atoms with Gasteiger partial charge in [-0.05, 0) is 30.2 Å². The highest BCUT2D eigenvalue weighted by molar-refractivity contribution is 6.17. The molecule has 0 fully saturated rings. The number of rotatable bonds is 3. The molecule has 2 aromatic carbocycles. The van der Waals surface area contributed by atoms with Crippen LogP contribution in [-0.2, 0) is 5.88 Å². The minimum absolute atomic E-state index is 0.130. The van der Waals surface area contributed by atoms with E-state index in [1.54, 1.807) is 12.1 Å². The van der Waals surface area contributed by atoms with Gasteiger partial charge in [0, 0.05) is 24.1 Å². The summed E-state index contributed by atoms with van der Waals surface area (Å²) in [6, 6.07) is 8.39. The number of benzene rings is 2. The lowest BCUT2D eigenvalue weighted by Crippen LogP contribution is -1.90. The van der Waals surface area contributed by atoms with Crippen LogP contribution in [0.5, 0.6) is 11.5 Å². The van der Waals surface area contributed by atoms with Crippen molar-refractivity contribution in [3.63, 3.8) is 0 Å². The molecule has 0 N–H and O–H groups in total. The molecule has 0 radical (unpaired) electrons. The SMILES string of the molecule is Cc1cc(Oc2cc(F)cc(F)c2)ccc1CCl. The lowest BCUT2D eigenvalue weighted by molar-refractivity contribution is 0.468. The van der Waals surface area contributed by atoms with E-state index in [1.165, 1.54) is 0 Å². The van der Waals surface area contributed by atoms with Crippen LogP contribution in [0.1, 0.15) is 11.1 Å². The van der Waals surface area contributed by atoms with Gasteiger partial charge >= 0.3 is 0 Å². The molecule has 0 aliphatic rings. The van der Waals surface area contributed by atoms with Crippen LogP contribution in [-0.4, -0.2) is 0 Å². The predicted molar refractivity (Wildman–Crippen MR) is 67.2 cm³/mol. The van der Waals surface area contributed by atoms with Crippen molar-refractivity contribution in [1.29, 1.82) is 0 Å². The van der Waals surface area contributed by atoms with Gasteiger partial charge in [-0.1, -0.05) is 6.07 Å².